The van der Waals surface area contributed by atoms with E-state index in [-0.39, 0.29) is 10.8 Å². The van der Waals surface area contributed by atoms with Gasteiger partial charge in [-0.15, -0.1) is 0 Å². The largest absolute Gasteiger partial charge is 0.326 e. The summed E-state index contributed by atoms with van der Waals surface area (Å²) in [5.41, 5.74) is 0.564. The van der Waals surface area contributed by atoms with Crippen molar-refractivity contribution in [2.75, 3.05) is 18.4 Å². The number of hydrogen-bond acceptors (Lipinski definition) is 3. The quantitative estimate of drug-likeness (QED) is 0.835. The van der Waals surface area contributed by atoms with Crippen LogP contribution in [0, 0.1) is 5.92 Å². The average molecular weight is 365 g/mol. The highest BCUT2D eigenvalue weighted by Gasteiger charge is 2.27. The first-order chi connectivity index (χ1) is 12.1. The summed E-state index contributed by atoms with van der Waals surface area (Å²) in [5.74, 6) is 0.641. The van der Waals surface area contributed by atoms with E-state index >= 15 is 0 Å². The normalized spacial score (nSPS) is 19.8. The highest BCUT2D eigenvalue weighted by molar-refractivity contribution is 7.89. The monoisotopic (exact) mass is 364 g/mol. The zero-order valence-corrected chi connectivity index (χ0v) is 15.6. The number of amides is 1. The van der Waals surface area contributed by atoms with Gasteiger partial charge in [0.2, 0.25) is 15.9 Å². The molecule has 6 heteroatoms. The van der Waals surface area contributed by atoms with Gasteiger partial charge in [0.05, 0.1) is 4.90 Å². The van der Waals surface area contributed by atoms with Gasteiger partial charge >= 0.3 is 0 Å². The lowest BCUT2D eigenvalue weighted by Crippen LogP contribution is -2.27. The van der Waals surface area contributed by atoms with Crippen molar-refractivity contribution in [1.82, 2.24) is 4.31 Å². The summed E-state index contributed by atoms with van der Waals surface area (Å²) < 4.78 is 26.8. The minimum absolute atomic E-state index is 0.0266. The van der Waals surface area contributed by atoms with Crippen molar-refractivity contribution in [2.45, 2.75) is 62.7 Å². The number of anilines is 1. The van der Waals surface area contributed by atoms with Crippen LogP contribution in [-0.4, -0.2) is 31.7 Å². The molecule has 5 nitrogen and oxygen atoms in total. The van der Waals surface area contributed by atoms with Crippen LogP contribution in [0.3, 0.4) is 0 Å². The third-order valence-electron chi connectivity index (χ3n) is 5.32. The number of sulfonamides is 1. The Labute approximate surface area is 150 Å². The second-order valence-electron chi connectivity index (χ2n) is 7.23. The summed E-state index contributed by atoms with van der Waals surface area (Å²) in [6, 6.07) is 6.62. The maximum Gasteiger partial charge on any atom is 0.243 e. The van der Waals surface area contributed by atoms with E-state index in [4.69, 9.17) is 0 Å². The second-order valence-corrected chi connectivity index (χ2v) is 9.17. The van der Waals surface area contributed by atoms with Gasteiger partial charge in [-0.25, -0.2) is 8.42 Å². The first kappa shape index (κ1) is 18.4. The standard InChI is InChI=1S/C19H28N2O3S/c22-19(12-11-16-7-2-1-3-8-16)20-17-9-6-10-18(15-17)25(23,24)21-13-4-5-14-21/h6,9-10,15-16H,1-5,7-8,11-14H2,(H,20,22). The predicted molar refractivity (Wildman–Crippen MR) is 98.9 cm³/mol. The van der Waals surface area contributed by atoms with Crippen molar-refractivity contribution >= 4 is 21.6 Å². The Morgan fingerprint density at radius 2 is 1.80 bits per heavy atom. The van der Waals surface area contributed by atoms with Gasteiger partial charge in [-0.05, 0) is 43.4 Å². The van der Waals surface area contributed by atoms with Crippen LogP contribution in [0.2, 0.25) is 0 Å². The predicted octanol–water partition coefficient (Wildman–Crippen LogP) is 3.77. The van der Waals surface area contributed by atoms with Crippen molar-refractivity contribution in [3.63, 3.8) is 0 Å². The van der Waals surface area contributed by atoms with E-state index in [1.807, 2.05) is 0 Å². The van der Waals surface area contributed by atoms with Crippen molar-refractivity contribution in [3.8, 4) is 0 Å². The molecular weight excluding hydrogens is 336 g/mol. The van der Waals surface area contributed by atoms with Crippen LogP contribution < -0.4 is 5.32 Å². The maximum atomic E-state index is 12.6. The number of carbonyl (C=O) groups excluding carboxylic acids is 1. The third-order valence-corrected chi connectivity index (χ3v) is 7.22. The molecule has 138 valence electrons. The number of nitrogens with zero attached hydrogens (tertiary/aromatic N) is 1. The highest BCUT2D eigenvalue weighted by atomic mass is 32.2. The molecule has 1 aromatic carbocycles. The fourth-order valence-electron chi connectivity index (χ4n) is 3.85. The molecule has 1 aliphatic heterocycles. The Balaban J connectivity index is 1.58. The van der Waals surface area contributed by atoms with E-state index in [1.165, 1.54) is 36.4 Å². The number of rotatable bonds is 6. The van der Waals surface area contributed by atoms with Gasteiger partial charge in [0.1, 0.15) is 0 Å². The van der Waals surface area contributed by atoms with Crippen LogP contribution in [-0.2, 0) is 14.8 Å². The zero-order chi connectivity index (χ0) is 17.7. The molecule has 1 heterocycles. The van der Waals surface area contributed by atoms with E-state index in [0.29, 0.717) is 31.1 Å². The molecule has 1 aliphatic carbocycles. The van der Waals surface area contributed by atoms with Crippen LogP contribution in [0.1, 0.15) is 57.8 Å². The molecule has 0 atom stereocenters. The minimum Gasteiger partial charge on any atom is -0.326 e. The molecule has 0 aromatic heterocycles. The van der Waals surface area contributed by atoms with Crippen LogP contribution in [0.4, 0.5) is 5.69 Å². The van der Waals surface area contributed by atoms with Crippen molar-refractivity contribution in [2.24, 2.45) is 5.92 Å². The molecule has 0 bridgehead atoms. The van der Waals surface area contributed by atoms with E-state index < -0.39 is 10.0 Å². The summed E-state index contributed by atoms with van der Waals surface area (Å²) in [6.07, 6.45) is 9.61. The molecule has 0 radical (unpaired) electrons. The number of hydrogen-bond donors (Lipinski definition) is 1. The summed E-state index contributed by atoms with van der Waals surface area (Å²) >= 11 is 0. The first-order valence-electron chi connectivity index (χ1n) is 9.46. The molecule has 1 saturated heterocycles. The fourth-order valence-corrected chi connectivity index (χ4v) is 5.41. The molecule has 0 spiro atoms. The average Bonchev–Trinajstić information content (AvgIpc) is 3.17. The molecule has 1 aromatic rings. The molecule has 2 aliphatic rings. The van der Waals surface area contributed by atoms with Crippen molar-refractivity contribution < 1.29 is 13.2 Å². The lowest BCUT2D eigenvalue weighted by atomic mass is 9.86. The summed E-state index contributed by atoms with van der Waals surface area (Å²) in [4.78, 5) is 12.5. The molecule has 25 heavy (non-hydrogen) atoms. The molecule has 1 N–H and O–H groups in total. The minimum atomic E-state index is -3.44. The fraction of sp³-hybridized carbons (Fsp3) is 0.632. The molecule has 2 fully saturated rings. The van der Waals surface area contributed by atoms with Gasteiger partial charge in [-0.1, -0.05) is 38.2 Å². The SMILES string of the molecule is O=C(CCC1CCCCC1)Nc1cccc(S(=O)(=O)N2CCCC2)c1. The van der Waals surface area contributed by atoms with Crippen LogP contribution in [0.15, 0.2) is 29.2 Å². The van der Waals surface area contributed by atoms with Crippen LogP contribution in [0.5, 0.6) is 0 Å². The zero-order valence-electron chi connectivity index (χ0n) is 14.7. The molecule has 0 unspecified atom stereocenters. The number of carbonyl (C=O) groups is 1. The summed E-state index contributed by atoms with van der Waals surface area (Å²) in [5, 5.41) is 2.86. The van der Waals surface area contributed by atoms with Gasteiger partial charge in [0, 0.05) is 25.2 Å². The van der Waals surface area contributed by atoms with Crippen molar-refractivity contribution in [3.05, 3.63) is 24.3 Å². The van der Waals surface area contributed by atoms with Gasteiger partial charge in [-0.2, -0.15) is 4.31 Å². The molecule has 3 rings (SSSR count). The smallest absolute Gasteiger partial charge is 0.243 e. The Kier molecular flexibility index (Phi) is 6.12. The summed E-state index contributed by atoms with van der Waals surface area (Å²) in [6.45, 7) is 1.17. The highest BCUT2D eigenvalue weighted by Crippen LogP contribution is 2.27. The Morgan fingerprint density at radius 1 is 1.08 bits per heavy atom. The van der Waals surface area contributed by atoms with Gasteiger partial charge in [0.25, 0.3) is 0 Å². The summed E-state index contributed by atoms with van der Waals surface area (Å²) in [7, 11) is -3.44. The van der Waals surface area contributed by atoms with E-state index in [1.54, 1.807) is 24.3 Å². The number of benzene rings is 1. The Bertz CT molecular complexity index is 690. The third kappa shape index (κ3) is 4.82. The molecule has 1 saturated carbocycles. The van der Waals surface area contributed by atoms with Crippen LogP contribution >= 0.6 is 0 Å². The lowest BCUT2D eigenvalue weighted by Gasteiger charge is -2.21. The Hall–Kier alpha value is -1.40. The van der Waals surface area contributed by atoms with Crippen LogP contribution in [0.25, 0.3) is 0 Å². The first-order valence-corrected chi connectivity index (χ1v) is 10.9. The number of nitrogens with one attached hydrogen (secondary N) is 1. The van der Waals surface area contributed by atoms with Crippen molar-refractivity contribution in [1.29, 1.82) is 0 Å². The van der Waals surface area contributed by atoms with E-state index in [9.17, 15) is 13.2 Å². The Morgan fingerprint density at radius 3 is 2.52 bits per heavy atom. The lowest BCUT2D eigenvalue weighted by molar-refractivity contribution is -0.116. The van der Waals surface area contributed by atoms with Gasteiger partial charge in [-0.3, -0.25) is 4.79 Å². The van der Waals surface area contributed by atoms with Gasteiger partial charge in [0.15, 0.2) is 0 Å². The molecule has 1 amide bonds. The maximum absolute atomic E-state index is 12.6. The molecular formula is C19H28N2O3S. The topological polar surface area (TPSA) is 66.5 Å². The van der Waals surface area contributed by atoms with E-state index in [0.717, 1.165) is 19.3 Å². The second kappa shape index (κ2) is 8.32. The van der Waals surface area contributed by atoms with E-state index in [2.05, 4.69) is 5.32 Å². The van der Waals surface area contributed by atoms with Gasteiger partial charge < -0.3 is 5.32 Å².